The highest BCUT2D eigenvalue weighted by molar-refractivity contribution is 7.89. The molecule has 26 heavy (non-hydrogen) atoms. The van der Waals surface area contributed by atoms with E-state index in [9.17, 15) is 13.2 Å². The molecule has 2 aromatic rings. The second-order valence-corrected chi connectivity index (χ2v) is 7.62. The summed E-state index contributed by atoms with van der Waals surface area (Å²) in [7, 11) is -3.82. The summed E-state index contributed by atoms with van der Waals surface area (Å²) in [6.07, 6.45) is 1.26. The monoisotopic (exact) mass is 374 g/mol. The average molecular weight is 374 g/mol. The number of hydrogen-bond acceptors (Lipinski definition) is 5. The van der Waals surface area contributed by atoms with Crippen molar-refractivity contribution in [2.24, 2.45) is 5.10 Å². The van der Waals surface area contributed by atoms with Gasteiger partial charge in [-0.05, 0) is 38.5 Å². The molecule has 1 N–H and O–H groups in total. The van der Waals surface area contributed by atoms with E-state index < -0.39 is 21.4 Å². The van der Waals surface area contributed by atoms with Crippen LogP contribution < -0.4 is 4.83 Å². The van der Waals surface area contributed by atoms with Gasteiger partial charge in [-0.15, -0.1) is 0 Å². The van der Waals surface area contributed by atoms with Gasteiger partial charge in [0.15, 0.2) is 0 Å². The Balaban J connectivity index is 2.28. The number of hydrazone groups is 1. The van der Waals surface area contributed by atoms with E-state index >= 15 is 0 Å². The zero-order valence-corrected chi connectivity index (χ0v) is 15.8. The van der Waals surface area contributed by atoms with E-state index in [1.54, 1.807) is 50.2 Å². The molecule has 2 aromatic carbocycles. The van der Waals surface area contributed by atoms with E-state index in [0.29, 0.717) is 5.56 Å². The third kappa shape index (κ3) is 4.49. The Hall–Kier alpha value is -2.67. The standard InChI is InChI=1S/C19H22N2O4S/c1-4-25-18(22)19(3,16-8-6-5-7-9-16)14-20-21-26(23,24)17-12-10-15(2)11-13-17/h5-14,21H,4H2,1-3H3/b20-14-/t19-/m0/s1. The predicted molar refractivity (Wildman–Crippen MR) is 100 cm³/mol. The number of hydrogen-bond donors (Lipinski definition) is 1. The second kappa shape index (κ2) is 8.14. The van der Waals surface area contributed by atoms with Crippen LogP contribution in [0.2, 0.25) is 0 Å². The molecule has 138 valence electrons. The summed E-state index contributed by atoms with van der Waals surface area (Å²) in [5, 5.41) is 3.83. The number of aryl methyl sites for hydroxylation is 1. The number of nitrogens with zero attached hydrogens (tertiary/aromatic N) is 1. The molecule has 0 aromatic heterocycles. The smallest absolute Gasteiger partial charge is 0.321 e. The number of rotatable bonds is 7. The Bertz CT molecular complexity index is 878. The highest BCUT2D eigenvalue weighted by Crippen LogP contribution is 2.23. The van der Waals surface area contributed by atoms with E-state index in [2.05, 4.69) is 9.93 Å². The van der Waals surface area contributed by atoms with E-state index in [0.717, 1.165) is 5.56 Å². The maximum Gasteiger partial charge on any atom is 0.321 e. The number of ether oxygens (including phenoxy) is 1. The van der Waals surface area contributed by atoms with Gasteiger partial charge in [-0.2, -0.15) is 13.5 Å². The molecular formula is C19H22N2O4S. The quantitative estimate of drug-likeness (QED) is 0.459. The van der Waals surface area contributed by atoms with E-state index in [4.69, 9.17) is 4.74 Å². The lowest BCUT2D eigenvalue weighted by molar-refractivity contribution is -0.146. The van der Waals surface area contributed by atoms with Crippen LogP contribution in [0, 0.1) is 6.92 Å². The number of nitrogens with one attached hydrogen (secondary N) is 1. The van der Waals surface area contributed by atoms with Gasteiger partial charge in [0.2, 0.25) is 0 Å². The van der Waals surface area contributed by atoms with Gasteiger partial charge in [0.05, 0.1) is 11.5 Å². The summed E-state index contributed by atoms with van der Waals surface area (Å²) in [6, 6.07) is 15.3. The van der Waals surface area contributed by atoms with E-state index in [1.165, 1.54) is 18.3 Å². The molecule has 0 saturated carbocycles. The molecule has 0 fully saturated rings. The molecule has 7 heteroatoms. The van der Waals surface area contributed by atoms with Gasteiger partial charge in [-0.25, -0.2) is 4.83 Å². The first-order valence-electron chi connectivity index (χ1n) is 8.15. The average Bonchev–Trinajstić information content (AvgIpc) is 2.62. The van der Waals surface area contributed by atoms with Crippen LogP contribution in [0.15, 0.2) is 64.6 Å². The second-order valence-electron chi connectivity index (χ2n) is 5.95. The molecule has 0 bridgehead atoms. The number of esters is 1. The first-order chi connectivity index (χ1) is 12.3. The molecule has 2 rings (SSSR count). The van der Waals surface area contributed by atoms with Crippen molar-refractivity contribution in [2.45, 2.75) is 31.1 Å². The van der Waals surface area contributed by atoms with Crippen LogP contribution in [0.5, 0.6) is 0 Å². The fraction of sp³-hybridized carbons (Fsp3) is 0.263. The molecule has 0 heterocycles. The van der Waals surface area contributed by atoms with Crippen molar-refractivity contribution in [3.8, 4) is 0 Å². The van der Waals surface area contributed by atoms with Crippen LogP contribution in [0.3, 0.4) is 0 Å². The fourth-order valence-corrected chi connectivity index (χ4v) is 3.10. The SMILES string of the molecule is CCOC(=O)[C@@](C)(/C=N\NS(=O)(=O)c1ccc(C)cc1)c1ccccc1. The summed E-state index contributed by atoms with van der Waals surface area (Å²) in [4.78, 5) is 14.7. The molecule has 6 nitrogen and oxygen atoms in total. The predicted octanol–water partition coefficient (Wildman–Crippen LogP) is 2.78. The highest BCUT2D eigenvalue weighted by Gasteiger charge is 2.35. The van der Waals surface area contributed by atoms with Crippen molar-refractivity contribution in [3.05, 3.63) is 65.7 Å². The van der Waals surface area contributed by atoms with Gasteiger partial charge in [0.25, 0.3) is 10.0 Å². The van der Waals surface area contributed by atoms with Crippen LogP contribution >= 0.6 is 0 Å². The molecule has 0 spiro atoms. The Morgan fingerprint density at radius 3 is 2.35 bits per heavy atom. The lowest BCUT2D eigenvalue weighted by Gasteiger charge is -2.23. The Morgan fingerprint density at radius 1 is 1.15 bits per heavy atom. The van der Waals surface area contributed by atoms with Crippen molar-refractivity contribution >= 4 is 22.2 Å². The minimum atomic E-state index is -3.82. The van der Waals surface area contributed by atoms with Crippen LogP contribution in [0.4, 0.5) is 0 Å². The number of benzene rings is 2. The van der Waals surface area contributed by atoms with Crippen molar-refractivity contribution in [2.75, 3.05) is 6.61 Å². The van der Waals surface area contributed by atoms with E-state index in [-0.39, 0.29) is 11.5 Å². The van der Waals surface area contributed by atoms with Gasteiger partial charge in [-0.1, -0.05) is 48.0 Å². The zero-order valence-electron chi connectivity index (χ0n) is 15.0. The molecular weight excluding hydrogens is 352 g/mol. The minimum Gasteiger partial charge on any atom is -0.465 e. The Kier molecular flexibility index (Phi) is 6.15. The van der Waals surface area contributed by atoms with Gasteiger partial charge >= 0.3 is 5.97 Å². The van der Waals surface area contributed by atoms with Gasteiger partial charge in [0, 0.05) is 6.21 Å². The first kappa shape index (κ1) is 19.7. The maximum absolute atomic E-state index is 12.4. The summed E-state index contributed by atoms with van der Waals surface area (Å²) in [5.41, 5.74) is 0.385. The van der Waals surface area contributed by atoms with Crippen molar-refractivity contribution in [3.63, 3.8) is 0 Å². The molecule has 0 unspecified atom stereocenters. The lowest BCUT2D eigenvalue weighted by atomic mass is 9.84. The lowest BCUT2D eigenvalue weighted by Crippen LogP contribution is -2.37. The Morgan fingerprint density at radius 2 is 1.77 bits per heavy atom. The van der Waals surface area contributed by atoms with Gasteiger partial charge < -0.3 is 4.74 Å². The number of carbonyl (C=O) groups excluding carboxylic acids is 1. The molecule has 0 aliphatic rings. The van der Waals surface area contributed by atoms with E-state index in [1.807, 2.05) is 13.0 Å². The minimum absolute atomic E-state index is 0.0952. The third-order valence-electron chi connectivity index (χ3n) is 3.90. The first-order valence-corrected chi connectivity index (χ1v) is 9.63. The van der Waals surface area contributed by atoms with Crippen LogP contribution in [-0.4, -0.2) is 27.2 Å². The Labute approximate surface area is 153 Å². The number of sulfonamides is 1. The van der Waals surface area contributed by atoms with Crippen molar-refractivity contribution < 1.29 is 17.9 Å². The van der Waals surface area contributed by atoms with Crippen molar-refractivity contribution in [1.29, 1.82) is 0 Å². The highest BCUT2D eigenvalue weighted by atomic mass is 32.2. The molecule has 0 amide bonds. The third-order valence-corrected chi connectivity index (χ3v) is 5.14. The number of carbonyl (C=O) groups is 1. The summed E-state index contributed by atoms with van der Waals surface area (Å²) < 4.78 is 29.8. The molecule has 1 atom stereocenters. The summed E-state index contributed by atoms with van der Waals surface area (Å²) in [6.45, 7) is 5.42. The molecule has 0 radical (unpaired) electrons. The van der Waals surface area contributed by atoms with Crippen LogP contribution in [-0.2, 0) is 25.0 Å². The topological polar surface area (TPSA) is 84.8 Å². The summed E-state index contributed by atoms with van der Waals surface area (Å²) in [5.74, 6) is -0.510. The normalized spacial score (nSPS) is 14.0. The molecule has 0 aliphatic carbocycles. The fourth-order valence-electron chi connectivity index (χ4n) is 2.31. The van der Waals surface area contributed by atoms with Crippen molar-refractivity contribution in [1.82, 2.24) is 4.83 Å². The van der Waals surface area contributed by atoms with Gasteiger partial charge in [0.1, 0.15) is 5.41 Å². The molecule has 0 aliphatic heterocycles. The van der Waals surface area contributed by atoms with Gasteiger partial charge in [-0.3, -0.25) is 4.79 Å². The molecule has 0 saturated heterocycles. The zero-order chi connectivity index (χ0) is 19.2. The largest absolute Gasteiger partial charge is 0.465 e. The summed E-state index contributed by atoms with van der Waals surface area (Å²) >= 11 is 0. The van der Waals surface area contributed by atoms with Crippen LogP contribution in [0.25, 0.3) is 0 Å². The van der Waals surface area contributed by atoms with Crippen LogP contribution in [0.1, 0.15) is 25.0 Å². The maximum atomic E-state index is 12.4.